The van der Waals surface area contributed by atoms with E-state index in [-0.39, 0.29) is 28.9 Å². The van der Waals surface area contributed by atoms with Gasteiger partial charge in [-0.2, -0.15) is 0 Å². The Morgan fingerprint density at radius 2 is 0.817 bits per heavy atom. The van der Waals surface area contributed by atoms with Crippen LogP contribution in [0.25, 0.3) is 77.2 Å². The smallest absolute Gasteiger partial charge is 0.147 e. The van der Waals surface area contributed by atoms with E-state index in [1.165, 1.54) is 0 Å². The Kier molecular flexibility index (Phi) is 9.72. The van der Waals surface area contributed by atoms with Crippen LogP contribution in [0.3, 0.4) is 0 Å². The molecular formula is C54H52N2O4. The highest BCUT2D eigenvalue weighted by molar-refractivity contribution is 6.11. The van der Waals surface area contributed by atoms with E-state index in [0.29, 0.717) is 52.6 Å². The Balaban J connectivity index is 1.34. The predicted molar refractivity (Wildman–Crippen MR) is 249 cm³/mol. The quantitative estimate of drug-likeness (QED) is 0.143. The largest absolute Gasteiger partial charge is 0.505 e. The van der Waals surface area contributed by atoms with E-state index in [4.69, 9.17) is 9.47 Å². The lowest BCUT2D eigenvalue weighted by molar-refractivity contribution is 0.110. The number of aromatic nitrogens is 2. The summed E-state index contributed by atoms with van der Waals surface area (Å²) < 4.78 is 17.0. The first kappa shape index (κ1) is 39.0. The first-order valence-electron chi connectivity index (χ1n) is 20.9. The second kappa shape index (κ2) is 15.0. The summed E-state index contributed by atoms with van der Waals surface area (Å²) in [6, 6.07) is 47.9. The molecule has 0 unspecified atom stereocenters. The van der Waals surface area contributed by atoms with E-state index in [1.807, 2.05) is 49.4 Å². The molecule has 0 amide bonds. The van der Waals surface area contributed by atoms with Gasteiger partial charge >= 0.3 is 0 Å². The molecule has 7 aromatic carbocycles. The minimum atomic E-state index is -0.264. The Morgan fingerprint density at radius 1 is 0.450 bits per heavy atom. The second-order valence-electron chi connectivity index (χ2n) is 17.8. The summed E-state index contributed by atoms with van der Waals surface area (Å²) in [5.74, 6) is 0.834. The van der Waals surface area contributed by atoms with Crippen molar-refractivity contribution in [2.24, 2.45) is 0 Å². The van der Waals surface area contributed by atoms with Gasteiger partial charge in [0.15, 0.2) is 0 Å². The Morgan fingerprint density at radius 3 is 1.17 bits per heavy atom. The summed E-state index contributed by atoms with van der Waals surface area (Å²) in [5.41, 5.74) is 9.71. The van der Waals surface area contributed by atoms with Crippen molar-refractivity contribution in [1.82, 2.24) is 9.13 Å². The first-order valence-corrected chi connectivity index (χ1v) is 20.9. The number of rotatable bonds is 9. The molecular weight excluding hydrogens is 741 g/mol. The maximum atomic E-state index is 12.7. The van der Waals surface area contributed by atoms with Crippen molar-refractivity contribution in [3.63, 3.8) is 0 Å². The van der Waals surface area contributed by atoms with Crippen LogP contribution in [0, 0.1) is 0 Å². The van der Waals surface area contributed by atoms with Gasteiger partial charge in [0.1, 0.15) is 23.9 Å². The van der Waals surface area contributed by atoms with Gasteiger partial charge in [-0.1, -0.05) is 133 Å². The summed E-state index contributed by atoms with van der Waals surface area (Å²) in [6.07, 6.45) is 0. The van der Waals surface area contributed by atoms with Crippen molar-refractivity contribution in [3.8, 4) is 50.9 Å². The normalized spacial score (nSPS) is 12.3. The van der Waals surface area contributed by atoms with Gasteiger partial charge in [0.05, 0.1) is 40.0 Å². The minimum Gasteiger partial charge on any atom is -0.505 e. The van der Waals surface area contributed by atoms with Crippen LogP contribution in [0.15, 0.2) is 140 Å². The Labute approximate surface area is 351 Å². The van der Waals surface area contributed by atoms with E-state index < -0.39 is 0 Å². The summed E-state index contributed by atoms with van der Waals surface area (Å²) in [7, 11) is 0. The summed E-state index contributed by atoms with van der Waals surface area (Å²) in [4.78, 5) is 0. The van der Waals surface area contributed by atoms with Crippen molar-refractivity contribution in [3.05, 3.63) is 151 Å². The molecule has 2 N–H and O–H groups in total. The molecule has 6 heteroatoms. The molecule has 0 atom stereocenters. The molecule has 6 nitrogen and oxygen atoms in total. The highest BCUT2D eigenvalue weighted by Gasteiger charge is 2.28. The minimum absolute atomic E-state index is 0.139. The lowest BCUT2D eigenvalue weighted by atomic mass is 9.83. The molecule has 0 aliphatic heterocycles. The number of phenols is 2. The number of aromatic hydroxyl groups is 2. The van der Waals surface area contributed by atoms with Crippen molar-refractivity contribution in [2.75, 3.05) is 19.8 Å². The van der Waals surface area contributed by atoms with Crippen LogP contribution in [0.4, 0.5) is 0 Å². The maximum Gasteiger partial charge on any atom is 0.147 e. The topological polar surface area (TPSA) is 68.8 Å². The first-order chi connectivity index (χ1) is 28.9. The molecule has 0 aliphatic rings. The van der Waals surface area contributed by atoms with Gasteiger partial charge in [0, 0.05) is 50.4 Å². The number of para-hydroxylation sites is 5. The second-order valence-corrected chi connectivity index (χ2v) is 17.8. The zero-order chi connectivity index (χ0) is 41.9. The summed E-state index contributed by atoms with van der Waals surface area (Å²) in [6.45, 7) is 16.4. The molecule has 0 spiro atoms. The van der Waals surface area contributed by atoms with Crippen LogP contribution in [0.1, 0.15) is 59.6 Å². The molecule has 2 heterocycles. The third-order valence-electron chi connectivity index (χ3n) is 11.8. The number of hydrogen-bond donors (Lipinski definition) is 2. The molecule has 0 radical (unpaired) electrons. The number of hydrogen-bond acceptors (Lipinski definition) is 4. The van der Waals surface area contributed by atoms with Crippen LogP contribution in [-0.2, 0) is 15.6 Å². The van der Waals surface area contributed by atoms with Gasteiger partial charge in [-0.25, -0.2) is 0 Å². The van der Waals surface area contributed by atoms with Crippen molar-refractivity contribution in [1.29, 1.82) is 0 Å². The fourth-order valence-electron chi connectivity index (χ4n) is 8.68. The molecule has 60 heavy (non-hydrogen) atoms. The fraction of sp³-hybridized carbons (Fsp3) is 0.222. The predicted octanol–water partition coefficient (Wildman–Crippen LogP) is 13.6. The number of nitrogens with zero attached hydrogens (tertiary/aromatic N) is 2. The maximum absolute atomic E-state index is 12.7. The molecule has 0 aliphatic carbocycles. The molecule has 0 bridgehead atoms. The SMILES string of the molecule is CCOCCOc1c(-c2cc(C(C)(C)C)cc(-n3c4ccccc4c4ccccc43)c2O)cccc1-c1cc(C(C)(C)C)cc(-n2c3ccccc3c3ccccc32)c1O. The number of ether oxygens (including phenoxy) is 2. The van der Waals surface area contributed by atoms with Gasteiger partial charge in [0.25, 0.3) is 0 Å². The Bertz CT molecular complexity index is 2780. The van der Waals surface area contributed by atoms with Crippen LogP contribution < -0.4 is 4.74 Å². The van der Waals surface area contributed by atoms with Gasteiger partial charge in [-0.05, 0) is 77.4 Å². The number of benzene rings is 7. The van der Waals surface area contributed by atoms with Gasteiger partial charge in [0.2, 0.25) is 0 Å². The van der Waals surface area contributed by atoms with Crippen molar-refractivity contribution >= 4 is 43.6 Å². The van der Waals surface area contributed by atoms with Crippen molar-refractivity contribution < 1.29 is 19.7 Å². The number of fused-ring (bicyclic) bond motifs is 6. The van der Waals surface area contributed by atoms with Crippen LogP contribution in [0.2, 0.25) is 0 Å². The van der Waals surface area contributed by atoms with E-state index in [2.05, 4.69) is 148 Å². The van der Waals surface area contributed by atoms with E-state index >= 15 is 0 Å². The lowest BCUT2D eigenvalue weighted by Crippen LogP contribution is -2.13. The zero-order valence-electron chi connectivity index (χ0n) is 35.5. The monoisotopic (exact) mass is 792 g/mol. The standard InChI is InChI=1S/C54H52N2O4/c1-8-59-28-29-60-52-40(42-30-34(53(2,3)4)32-48(50(42)57)55-44-24-13-9-18-36(44)37-19-10-14-25-45(37)55)22-17-23-41(52)43-31-35(54(5,6)7)33-49(51(43)58)56-46-26-15-11-20-38(46)39-21-12-16-27-47(39)56/h9-27,30-33,57-58H,8,28-29H2,1-7H3. The highest BCUT2D eigenvalue weighted by atomic mass is 16.5. The molecule has 2 aromatic heterocycles. The Hall–Kier alpha value is -6.50. The molecule has 9 aromatic rings. The number of phenolic OH excluding ortho intramolecular Hbond substituents is 2. The van der Waals surface area contributed by atoms with E-state index in [0.717, 1.165) is 54.7 Å². The molecule has 0 saturated heterocycles. The average Bonchev–Trinajstić information content (AvgIpc) is 3.75. The lowest BCUT2D eigenvalue weighted by Gasteiger charge is -2.26. The van der Waals surface area contributed by atoms with E-state index in [9.17, 15) is 10.2 Å². The molecule has 9 rings (SSSR count). The van der Waals surface area contributed by atoms with Crippen LogP contribution in [0.5, 0.6) is 17.2 Å². The third-order valence-corrected chi connectivity index (χ3v) is 11.8. The van der Waals surface area contributed by atoms with E-state index in [1.54, 1.807) is 0 Å². The average molecular weight is 793 g/mol. The molecule has 0 saturated carbocycles. The van der Waals surface area contributed by atoms with Gasteiger partial charge in [-0.3, -0.25) is 0 Å². The van der Waals surface area contributed by atoms with Crippen LogP contribution >= 0.6 is 0 Å². The molecule has 302 valence electrons. The zero-order valence-corrected chi connectivity index (χ0v) is 35.5. The summed E-state index contributed by atoms with van der Waals surface area (Å²) >= 11 is 0. The highest BCUT2D eigenvalue weighted by Crippen LogP contribution is 2.50. The van der Waals surface area contributed by atoms with Crippen molar-refractivity contribution in [2.45, 2.75) is 59.3 Å². The van der Waals surface area contributed by atoms with Crippen LogP contribution in [-0.4, -0.2) is 39.2 Å². The third kappa shape index (κ3) is 6.56. The van der Waals surface area contributed by atoms with Gasteiger partial charge in [-0.15, -0.1) is 0 Å². The summed E-state index contributed by atoms with van der Waals surface area (Å²) in [5, 5.41) is 29.9. The molecule has 0 fully saturated rings. The van der Waals surface area contributed by atoms with Gasteiger partial charge < -0.3 is 28.8 Å². The fourth-order valence-corrected chi connectivity index (χ4v) is 8.68.